The van der Waals surface area contributed by atoms with Gasteiger partial charge in [-0.05, 0) is 30.7 Å². The lowest BCUT2D eigenvalue weighted by atomic mass is 10.1. The van der Waals surface area contributed by atoms with Crippen LogP contribution in [0.2, 0.25) is 0 Å². The number of rotatable bonds is 5. The first kappa shape index (κ1) is 18.5. The number of nitrogens with zero attached hydrogens (tertiary/aromatic N) is 4. The quantitative estimate of drug-likeness (QED) is 0.381. The van der Waals surface area contributed by atoms with Crippen LogP contribution in [0.25, 0.3) is 22.4 Å². The largest absolute Gasteiger partial charge is 0.459 e. The van der Waals surface area contributed by atoms with Gasteiger partial charge in [-0.2, -0.15) is 4.80 Å². The fraction of sp³-hybridized carbons (Fsp3) is 0.190. The van der Waals surface area contributed by atoms with Crippen LogP contribution in [0.15, 0.2) is 57.7 Å². The van der Waals surface area contributed by atoms with Crippen molar-refractivity contribution >= 4 is 16.9 Å². The summed E-state index contributed by atoms with van der Waals surface area (Å²) in [6.07, 6.45) is 0. The third-order valence-electron chi connectivity index (χ3n) is 4.41. The Morgan fingerprint density at radius 3 is 2.62 bits per heavy atom. The third-order valence-corrected chi connectivity index (χ3v) is 4.41. The molecule has 0 spiro atoms. The number of hydrogen-bond acceptors (Lipinski definition) is 7. The average Bonchev–Trinajstić information content (AvgIpc) is 3.14. The number of ether oxygens (including phenoxy) is 1. The van der Waals surface area contributed by atoms with Crippen molar-refractivity contribution < 1.29 is 13.9 Å². The Labute approximate surface area is 165 Å². The van der Waals surface area contributed by atoms with Crippen LogP contribution in [0.5, 0.6) is 0 Å². The van der Waals surface area contributed by atoms with Gasteiger partial charge in [0.2, 0.25) is 5.82 Å². The first-order valence-electron chi connectivity index (χ1n) is 9.02. The van der Waals surface area contributed by atoms with E-state index < -0.39 is 11.6 Å². The molecule has 8 nitrogen and oxygen atoms in total. The number of tetrazole rings is 1. The summed E-state index contributed by atoms with van der Waals surface area (Å²) in [5.74, 6) is -0.105. The molecule has 0 atom stereocenters. The Bertz CT molecular complexity index is 1240. The SMILES string of the molecule is Cc1ccc(-c2nnn(CC(=O)OCc3cc(=O)oc4cc(C)ccc34)n2)cc1. The summed E-state index contributed by atoms with van der Waals surface area (Å²) >= 11 is 0. The summed E-state index contributed by atoms with van der Waals surface area (Å²) < 4.78 is 10.5. The minimum absolute atomic E-state index is 0.0521. The minimum Gasteiger partial charge on any atom is -0.459 e. The fourth-order valence-electron chi connectivity index (χ4n) is 2.90. The molecule has 0 saturated heterocycles. The van der Waals surface area contributed by atoms with Crippen molar-refractivity contribution in [3.8, 4) is 11.4 Å². The van der Waals surface area contributed by atoms with Gasteiger partial charge in [0.1, 0.15) is 12.2 Å². The van der Waals surface area contributed by atoms with Crippen molar-refractivity contribution in [1.29, 1.82) is 0 Å². The van der Waals surface area contributed by atoms with Gasteiger partial charge in [0.05, 0.1) is 0 Å². The number of aryl methyl sites for hydroxylation is 2. The lowest BCUT2D eigenvalue weighted by Crippen LogP contribution is -2.16. The van der Waals surface area contributed by atoms with E-state index in [0.29, 0.717) is 17.0 Å². The first-order chi connectivity index (χ1) is 14.0. The number of benzene rings is 2. The van der Waals surface area contributed by atoms with Crippen LogP contribution >= 0.6 is 0 Å². The highest BCUT2D eigenvalue weighted by atomic mass is 16.5. The topological polar surface area (TPSA) is 100 Å². The van der Waals surface area contributed by atoms with Gasteiger partial charge >= 0.3 is 11.6 Å². The second-order valence-electron chi connectivity index (χ2n) is 6.76. The van der Waals surface area contributed by atoms with Crippen LogP contribution in [0, 0.1) is 13.8 Å². The molecule has 0 saturated carbocycles. The number of hydrogen-bond donors (Lipinski definition) is 0. The molecule has 0 aliphatic carbocycles. The van der Waals surface area contributed by atoms with Gasteiger partial charge in [0, 0.05) is 22.6 Å². The number of fused-ring (bicyclic) bond motifs is 1. The summed E-state index contributed by atoms with van der Waals surface area (Å²) in [4.78, 5) is 25.1. The number of carbonyl (C=O) groups is 1. The van der Waals surface area contributed by atoms with Crippen LogP contribution in [0.4, 0.5) is 0 Å². The molecule has 2 aromatic carbocycles. The van der Waals surface area contributed by atoms with Gasteiger partial charge in [0.25, 0.3) is 0 Å². The molecule has 4 rings (SSSR count). The molecule has 0 amide bonds. The molecule has 0 aliphatic heterocycles. The molecule has 0 N–H and O–H groups in total. The lowest BCUT2D eigenvalue weighted by Gasteiger charge is -2.07. The Hall–Kier alpha value is -3.81. The molecule has 29 heavy (non-hydrogen) atoms. The van der Waals surface area contributed by atoms with Crippen LogP contribution in [0.3, 0.4) is 0 Å². The maximum Gasteiger partial charge on any atom is 0.336 e. The molecular formula is C21H18N4O4. The maximum absolute atomic E-state index is 12.2. The van der Waals surface area contributed by atoms with Crippen LogP contribution < -0.4 is 5.63 Å². The summed E-state index contributed by atoms with van der Waals surface area (Å²) in [5, 5.41) is 12.8. The standard InChI is InChI=1S/C21H18N4O4/c1-13-3-6-15(7-4-13)21-22-24-25(23-21)11-20(27)28-12-16-10-19(26)29-18-9-14(2)5-8-17(16)18/h3-10H,11-12H2,1-2H3. The summed E-state index contributed by atoms with van der Waals surface area (Å²) in [6.45, 7) is 3.66. The zero-order chi connectivity index (χ0) is 20.4. The second kappa shape index (κ2) is 7.67. The highest BCUT2D eigenvalue weighted by Gasteiger charge is 2.12. The zero-order valence-electron chi connectivity index (χ0n) is 16.0. The number of aromatic nitrogens is 4. The van der Waals surface area contributed by atoms with Crippen molar-refractivity contribution in [3.05, 3.63) is 75.6 Å². The Morgan fingerprint density at radius 2 is 1.83 bits per heavy atom. The minimum atomic E-state index is -0.536. The predicted molar refractivity (Wildman–Crippen MR) is 105 cm³/mol. The highest BCUT2D eigenvalue weighted by Crippen LogP contribution is 2.19. The van der Waals surface area contributed by atoms with E-state index in [4.69, 9.17) is 9.15 Å². The normalized spacial score (nSPS) is 11.0. The lowest BCUT2D eigenvalue weighted by molar-refractivity contribution is -0.146. The van der Waals surface area contributed by atoms with Crippen molar-refractivity contribution in [3.63, 3.8) is 0 Å². The molecule has 146 valence electrons. The Kier molecular flexibility index (Phi) is 4.90. The van der Waals surface area contributed by atoms with Crippen LogP contribution in [-0.2, 0) is 22.7 Å². The monoisotopic (exact) mass is 390 g/mol. The molecule has 0 aliphatic rings. The molecule has 8 heteroatoms. The molecule has 0 radical (unpaired) electrons. The van der Waals surface area contributed by atoms with Crippen LogP contribution in [0.1, 0.15) is 16.7 Å². The van der Waals surface area contributed by atoms with E-state index in [1.54, 1.807) is 6.07 Å². The predicted octanol–water partition coefficient (Wildman–Crippen LogP) is 2.81. The van der Waals surface area contributed by atoms with E-state index in [2.05, 4.69) is 15.4 Å². The maximum atomic E-state index is 12.2. The summed E-state index contributed by atoms with van der Waals surface area (Å²) in [5.41, 5.74) is 3.46. The van der Waals surface area contributed by atoms with Gasteiger partial charge < -0.3 is 9.15 Å². The van der Waals surface area contributed by atoms with E-state index in [1.807, 2.05) is 50.2 Å². The van der Waals surface area contributed by atoms with E-state index in [1.165, 1.54) is 10.9 Å². The van der Waals surface area contributed by atoms with Gasteiger partial charge in [-0.25, -0.2) is 9.59 Å². The average molecular weight is 390 g/mol. The van der Waals surface area contributed by atoms with Crippen molar-refractivity contribution in [1.82, 2.24) is 20.2 Å². The van der Waals surface area contributed by atoms with Gasteiger partial charge in [0.15, 0.2) is 6.54 Å². The molecule has 2 heterocycles. The smallest absolute Gasteiger partial charge is 0.336 e. The van der Waals surface area contributed by atoms with E-state index in [-0.39, 0.29) is 13.2 Å². The van der Waals surface area contributed by atoms with Gasteiger partial charge in [-0.3, -0.25) is 0 Å². The zero-order valence-corrected chi connectivity index (χ0v) is 16.0. The van der Waals surface area contributed by atoms with Crippen molar-refractivity contribution in [2.75, 3.05) is 0 Å². The van der Waals surface area contributed by atoms with Gasteiger partial charge in [-0.15, -0.1) is 10.2 Å². The molecule has 0 bridgehead atoms. The molecule has 4 aromatic rings. The number of carbonyl (C=O) groups excluding carboxylic acids is 1. The highest BCUT2D eigenvalue weighted by molar-refractivity contribution is 5.81. The fourth-order valence-corrected chi connectivity index (χ4v) is 2.90. The van der Waals surface area contributed by atoms with Gasteiger partial charge in [-0.1, -0.05) is 42.0 Å². The van der Waals surface area contributed by atoms with Crippen molar-refractivity contribution in [2.24, 2.45) is 0 Å². The molecule has 0 unspecified atom stereocenters. The Balaban J connectivity index is 1.44. The molecular weight excluding hydrogens is 372 g/mol. The Morgan fingerprint density at radius 1 is 1.07 bits per heavy atom. The summed E-state index contributed by atoms with van der Waals surface area (Å²) in [7, 11) is 0. The summed E-state index contributed by atoms with van der Waals surface area (Å²) in [6, 6.07) is 14.5. The third kappa shape index (κ3) is 4.21. The molecule has 0 fully saturated rings. The number of esters is 1. The second-order valence-corrected chi connectivity index (χ2v) is 6.76. The van der Waals surface area contributed by atoms with E-state index in [9.17, 15) is 9.59 Å². The van der Waals surface area contributed by atoms with Crippen molar-refractivity contribution in [2.45, 2.75) is 27.0 Å². The molecule has 2 aromatic heterocycles. The van der Waals surface area contributed by atoms with E-state index >= 15 is 0 Å². The van der Waals surface area contributed by atoms with Crippen LogP contribution in [-0.4, -0.2) is 26.2 Å². The first-order valence-corrected chi connectivity index (χ1v) is 9.02. The van der Waals surface area contributed by atoms with E-state index in [0.717, 1.165) is 22.1 Å².